The van der Waals surface area contributed by atoms with Crippen molar-refractivity contribution in [3.63, 3.8) is 0 Å². The molecule has 5 nitrogen and oxygen atoms in total. The Kier molecular flexibility index (Phi) is 5.64. The quantitative estimate of drug-likeness (QED) is 0.654. The minimum Gasteiger partial charge on any atom is -0.493 e. The highest BCUT2D eigenvalue weighted by Gasteiger charge is 2.15. The summed E-state index contributed by atoms with van der Waals surface area (Å²) in [6, 6.07) is 22.2. The summed E-state index contributed by atoms with van der Waals surface area (Å²) in [4.78, 5) is 0. The highest BCUT2D eigenvalue weighted by atomic mass is 16.7. The number of methoxy groups -OCH3 is 1. The molecule has 0 saturated carbocycles. The minimum absolute atomic E-state index is 0.300. The molecule has 0 unspecified atom stereocenters. The summed E-state index contributed by atoms with van der Waals surface area (Å²) >= 11 is 0. The summed E-state index contributed by atoms with van der Waals surface area (Å²) in [6.45, 7) is 2.44. The fourth-order valence-electron chi connectivity index (χ4n) is 3.24. The van der Waals surface area contributed by atoms with E-state index in [1.165, 1.54) is 5.56 Å². The Balaban J connectivity index is 1.42. The molecule has 2 N–H and O–H groups in total. The Hall–Kier alpha value is -3.18. The molecule has 144 valence electrons. The van der Waals surface area contributed by atoms with Gasteiger partial charge in [0.25, 0.3) is 0 Å². The van der Waals surface area contributed by atoms with E-state index >= 15 is 0 Å². The molecule has 3 aromatic carbocycles. The van der Waals surface area contributed by atoms with Gasteiger partial charge in [-0.1, -0.05) is 36.4 Å². The van der Waals surface area contributed by atoms with E-state index in [0.29, 0.717) is 13.4 Å². The zero-order valence-corrected chi connectivity index (χ0v) is 15.9. The first-order valence-electron chi connectivity index (χ1n) is 9.36. The van der Waals surface area contributed by atoms with Gasteiger partial charge in [-0.25, -0.2) is 0 Å². The van der Waals surface area contributed by atoms with E-state index in [9.17, 15) is 0 Å². The van der Waals surface area contributed by atoms with Crippen molar-refractivity contribution in [3.05, 3.63) is 83.4 Å². The molecule has 3 aromatic rings. The Morgan fingerprint density at radius 3 is 2.57 bits per heavy atom. The van der Waals surface area contributed by atoms with Gasteiger partial charge < -0.3 is 24.3 Å². The predicted octanol–water partition coefficient (Wildman–Crippen LogP) is 3.27. The zero-order chi connectivity index (χ0) is 19.2. The van der Waals surface area contributed by atoms with E-state index in [2.05, 4.69) is 29.6 Å². The minimum atomic E-state index is 0.300. The van der Waals surface area contributed by atoms with Gasteiger partial charge in [0.15, 0.2) is 23.0 Å². The standard InChI is InChI=1S/C23H23NO4/c1-25-21-9-5-8-19(23(21)26-15-17-6-3-2-4-7-17)14-24-13-18-10-11-20-22(12-18)28-16-27-20/h2-12,24H,13-16H2,1H3/p+1. The molecule has 0 atom stereocenters. The van der Waals surface area contributed by atoms with Crippen molar-refractivity contribution < 1.29 is 24.3 Å². The van der Waals surface area contributed by atoms with Gasteiger partial charge >= 0.3 is 0 Å². The average Bonchev–Trinajstić information content (AvgIpc) is 3.21. The van der Waals surface area contributed by atoms with E-state index in [4.69, 9.17) is 18.9 Å². The van der Waals surface area contributed by atoms with Gasteiger partial charge in [-0.15, -0.1) is 0 Å². The van der Waals surface area contributed by atoms with Gasteiger partial charge in [0, 0.05) is 5.56 Å². The van der Waals surface area contributed by atoms with Gasteiger partial charge in [-0.2, -0.15) is 0 Å². The van der Waals surface area contributed by atoms with Gasteiger partial charge in [0.1, 0.15) is 19.7 Å². The van der Waals surface area contributed by atoms with Crippen LogP contribution >= 0.6 is 0 Å². The summed E-state index contributed by atoms with van der Waals surface area (Å²) in [5.41, 5.74) is 3.43. The normalized spacial score (nSPS) is 12.0. The number of rotatable bonds is 8. The number of ether oxygens (including phenoxy) is 4. The lowest BCUT2D eigenvalue weighted by Gasteiger charge is -2.14. The highest BCUT2D eigenvalue weighted by Crippen LogP contribution is 2.33. The molecule has 1 aliphatic heterocycles. The van der Waals surface area contributed by atoms with Gasteiger partial charge in [-0.05, 0) is 35.9 Å². The zero-order valence-electron chi connectivity index (χ0n) is 15.9. The van der Waals surface area contributed by atoms with Crippen LogP contribution in [-0.4, -0.2) is 13.9 Å². The maximum absolute atomic E-state index is 6.13. The molecule has 0 fully saturated rings. The third-order valence-corrected chi connectivity index (χ3v) is 4.69. The third kappa shape index (κ3) is 4.21. The lowest BCUT2D eigenvalue weighted by molar-refractivity contribution is -0.686. The van der Waals surface area contributed by atoms with Crippen LogP contribution in [0.3, 0.4) is 0 Å². The predicted molar refractivity (Wildman–Crippen MR) is 106 cm³/mol. The molecular weight excluding hydrogens is 354 g/mol. The lowest BCUT2D eigenvalue weighted by atomic mass is 10.1. The molecule has 0 bridgehead atoms. The number of nitrogens with two attached hydrogens (primary N) is 1. The molecule has 4 rings (SSSR count). The van der Waals surface area contributed by atoms with E-state index in [-0.39, 0.29) is 0 Å². The Bertz CT molecular complexity index is 927. The van der Waals surface area contributed by atoms with Gasteiger partial charge in [0.05, 0.1) is 12.7 Å². The molecule has 0 aromatic heterocycles. The van der Waals surface area contributed by atoms with E-state index in [1.54, 1.807) is 7.11 Å². The second-order valence-electron chi connectivity index (χ2n) is 6.61. The van der Waals surface area contributed by atoms with Crippen molar-refractivity contribution >= 4 is 0 Å². The fraction of sp³-hybridized carbons (Fsp3) is 0.217. The average molecular weight is 378 g/mol. The molecule has 28 heavy (non-hydrogen) atoms. The van der Waals surface area contributed by atoms with Crippen molar-refractivity contribution in [1.82, 2.24) is 0 Å². The molecule has 1 aliphatic rings. The molecule has 0 amide bonds. The first-order valence-corrected chi connectivity index (χ1v) is 9.36. The van der Waals surface area contributed by atoms with Crippen LogP contribution in [-0.2, 0) is 19.7 Å². The Morgan fingerprint density at radius 1 is 0.857 bits per heavy atom. The van der Waals surface area contributed by atoms with Gasteiger partial charge in [0.2, 0.25) is 6.79 Å². The number of para-hydroxylation sites is 1. The number of hydrogen-bond donors (Lipinski definition) is 1. The summed E-state index contributed by atoms with van der Waals surface area (Å²) < 4.78 is 22.5. The summed E-state index contributed by atoms with van der Waals surface area (Å²) in [7, 11) is 1.67. The summed E-state index contributed by atoms with van der Waals surface area (Å²) in [6.07, 6.45) is 0. The van der Waals surface area contributed by atoms with Crippen LogP contribution in [0.2, 0.25) is 0 Å². The van der Waals surface area contributed by atoms with Crippen LogP contribution < -0.4 is 24.3 Å². The van der Waals surface area contributed by atoms with Crippen LogP contribution in [0.4, 0.5) is 0 Å². The van der Waals surface area contributed by atoms with Crippen molar-refractivity contribution in [2.75, 3.05) is 13.9 Å². The molecule has 0 aliphatic carbocycles. The van der Waals surface area contributed by atoms with Crippen molar-refractivity contribution in [2.45, 2.75) is 19.7 Å². The van der Waals surface area contributed by atoms with E-state index in [1.807, 2.05) is 42.5 Å². The fourth-order valence-corrected chi connectivity index (χ4v) is 3.24. The molecular formula is C23H24NO4+. The summed E-state index contributed by atoms with van der Waals surface area (Å²) in [5, 5.41) is 2.24. The maximum atomic E-state index is 6.13. The first-order chi connectivity index (χ1) is 13.8. The lowest BCUT2D eigenvalue weighted by Crippen LogP contribution is -2.80. The molecule has 0 saturated heterocycles. The van der Waals surface area contributed by atoms with Gasteiger partial charge in [-0.3, -0.25) is 0 Å². The monoisotopic (exact) mass is 378 g/mol. The van der Waals surface area contributed by atoms with Crippen LogP contribution in [0.1, 0.15) is 16.7 Å². The second kappa shape index (κ2) is 8.67. The van der Waals surface area contributed by atoms with Crippen LogP contribution in [0.25, 0.3) is 0 Å². The number of hydrogen-bond acceptors (Lipinski definition) is 4. The summed E-state index contributed by atoms with van der Waals surface area (Å²) in [5.74, 6) is 3.19. The van der Waals surface area contributed by atoms with Crippen LogP contribution in [0.15, 0.2) is 66.7 Å². The third-order valence-electron chi connectivity index (χ3n) is 4.69. The smallest absolute Gasteiger partial charge is 0.231 e. The molecule has 0 spiro atoms. The SMILES string of the molecule is COc1cccc(C[NH2+]Cc2ccc3c(c2)OCO3)c1OCc1ccccc1. The van der Waals surface area contributed by atoms with E-state index in [0.717, 1.165) is 47.2 Å². The van der Waals surface area contributed by atoms with Crippen LogP contribution in [0, 0.1) is 0 Å². The number of fused-ring (bicyclic) bond motifs is 1. The Morgan fingerprint density at radius 2 is 1.71 bits per heavy atom. The topological polar surface area (TPSA) is 53.5 Å². The molecule has 0 radical (unpaired) electrons. The van der Waals surface area contributed by atoms with Crippen molar-refractivity contribution in [3.8, 4) is 23.0 Å². The number of quaternary nitrogens is 1. The molecule has 1 heterocycles. The number of benzene rings is 3. The van der Waals surface area contributed by atoms with Crippen molar-refractivity contribution in [1.29, 1.82) is 0 Å². The first kappa shape index (κ1) is 18.2. The van der Waals surface area contributed by atoms with E-state index < -0.39 is 0 Å². The largest absolute Gasteiger partial charge is 0.493 e. The highest BCUT2D eigenvalue weighted by molar-refractivity contribution is 5.46. The maximum Gasteiger partial charge on any atom is 0.231 e. The Labute approximate surface area is 164 Å². The van der Waals surface area contributed by atoms with Crippen molar-refractivity contribution in [2.24, 2.45) is 0 Å². The second-order valence-corrected chi connectivity index (χ2v) is 6.61. The van der Waals surface area contributed by atoms with Crippen LogP contribution in [0.5, 0.6) is 23.0 Å². The molecule has 5 heteroatoms.